The summed E-state index contributed by atoms with van der Waals surface area (Å²) in [5.41, 5.74) is 6.87. The third kappa shape index (κ3) is 4.71. The van der Waals surface area contributed by atoms with Crippen molar-refractivity contribution in [3.05, 3.63) is 29.8 Å². The zero-order valence-electron chi connectivity index (χ0n) is 11.4. The maximum absolute atomic E-state index is 11.8. The standard InChI is InChI=1S/C14H21N3O2/c1-3-4-8-12(15)14(19)17-11-7-5-6-10(9-11)13(18)16-2/h5-7,9,12H,3-4,8,15H2,1-2H3,(H,16,18)(H,17,19)/t12-/m0/s1. The summed E-state index contributed by atoms with van der Waals surface area (Å²) in [4.78, 5) is 23.3. The number of anilines is 1. The van der Waals surface area contributed by atoms with Crippen molar-refractivity contribution in [2.45, 2.75) is 32.2 Å². The first kappa shape index (κ1) is 15.2. The fourth-order valence-electron chi connectivity index (χ4n) is 1.67. The van der Waals surface area contributed by atoms with E-state index in [0.717, 1.165) is 12.8 Å². The van der Waals surface area contributed by atoms with E-state index >= 15 is 0 Å². The minimum Gasteiger partial charge on any atom is -0.355 e. The number of unbranched alkanes of at least 4 members (excludes halogenated alkanes) is 1. The van der Waals surface area contributed by atoms with Crippen LogP contribution in [0.25, 0.3) is 0 Å². The predicted octanol–water partition coefficient (Wildman–Crippen LogP) is 1.50. The average Bonchev–Trinajstić information content (AvgIpc) is 2.44. The fraction of sp³-hybridized carbons (Fsp3) is 0.429. The van der Waals surface area contributed by atoms with Gasteiger partial charge >= 0.3 is 0 Å². The lowest BCUT2D eigenvalue weighted by atomic mass is 10.1. The Kier molecular flexibility index (Phi) is 6.02. The first-order valence-electron chi connectivity index (χ1n) is 6.47. The Labute approximate surface area is 113 Å². The SMILES string of the molecule is CCCC[C@H](N)C(=O)Nc1cccc(C(=O)NC)c1. The van der Waals surface area contributed by atoms with Crippen LogP contribution in [0.2, 0.25) is 0 Å². The molecule has 0 aliphatic heterocycles. The van der Waals surface area contributed by atoms with E-state index in [1.165, 1.54) is 0 Å². The van der Waals surface area contributed by atoms with E-state index in [1.54, 1.807) is 31.3 Å². The molecule has 4 N–H and O–H groups in total. The minimum atomic E-state index is -0.511. The van der Waals surface area contributed by atoms with Crippen molar-refractivity contribution in [3.8, 4) is 0 Å². The van der Waals surface area contributed by atoms with Crippen molar-refractivity contribution in [1.29, 1.82) is 0 Å². The molecule has 19 heavy (non-hydrogen) atoms. The molecule has 0 saturated carbocycles. The second kappa shape index (κ2) is 7.53. The van der Waals surface area contributed by atoms with E-state index in [9.17, 15) is 9.59 Å². The molecule has 5 nitrogen and oxygen atoms in total. The van der Waals surface area contributed by atoms with Crippen LogP contribution in [0.5, 0.6) is 0 Å². The molecule has 0 fully saturated rings. The van der Waals surface area contributed by atoms with Gasteiger partial charge in [-0.05, 0) is 24.6 Å². The summed E-state index contributed by atoms with van der Waals surface area (Å²) in [6.45, 7) is 2.05. The number of nitrogens with one attached hydrogen (secondary N) is 2. The van der Waals surface area contributed by atoms with E-state index in [0.29, 0.717) is 17.7 Å². The third-order valence-electron chi connectivity index (χ3n) is 2.82. The topological polar surface area (TPSA) is 84.2 Å². The van der Waals surface area contributed by atoms with E-state index in [4.69, 9.17) is 5.73 Å². The van der Waals surface area contributed by atoms with Crippen molar-refractivity contribution in [3.63, 3.8) is 0 Å². The molecule has 0 radical (unpaired) electrons. The summed E-state index contributed by atoms with van der Waals surface area (Å²) in [6.07, 6.45) is 2.59. The summed E-state index contributed by atoms with van der Waals surface area (Å²) >= 11 is 0. The first-order chi connectivity index (χ1) is 9.08. The quantitative estimate of drug-likeness (QED) is 0.727. The fourth-order valence-corrected chi connectivity index (χ4v) is 1.67. The molecule has 1 aromatic carbocycles. The summed E-state index contributed by atoms with van der Waals surface area (Å²) in [7, 11) is 1.56. The largest absolute Gasteiger partial charge is 0.355 e. The van der Waals surface area contributed by atoms with Gasteiger partial charge in [0.05, 0.1) is 6.04 Å². The number of amides is 2. The van der Waals surface area contributed by atoms with Crippen LogP contribution in [-0.2, 0) is 4.79 Å². The summed E-state index contributed by atoms with van der Waals surface area (Å²) in [6, 6.07) is 6.26. The molecule has 0 aliphatic rings. The van der Waals surface area contributed by atoms with Gasteiger partial charge in [-0.3, -0.25) is 9.59 Å². The smallest absolute Gasteiger partial charge is 0.251 e. The maximum atomic E-state index is 11.8. The Bertz CT molecular complexity index is 446. The van der Waals surface area contributed by atoms with Crippen molar-refractivity contribution >= 4 is 17.5 Å². The van der Waals surface area contributed by atoms with Crippen LogP contribution in [0, 0.1) is 0 Å². The first-order valence-corrected chi connectivity index (χ1v) is 6.47. The van der Waals surface area contributed by atoms with E-state index in [2.05, 4.69) is 17.6 Å². The number of carbonyl (C=O) groups is 2. The zero-order valence-corrected chi connectivity index (χ0v) is 11.4. The van der Waals surface area contributed by atoms with Crippen molar-refractivity contribution in [2.75, 3.05) is 12.4 Å². The van der Waals surface area contributed by atoms with Gasteiger partial charge in [0.15, 0.2) is 0 Å². The van der Waals surface area contributed by atoms with Gasteiger partial charge in [0.25, 0.3) is 5.91 Å². The molecule has 2 amide bonds. The highest BCUT2D eigenvalue weighted by molar-refractivity contribution is 5.98. The Morgan fingerprint density at radius 1 is 1.37 bits per heavy atom. The lowest BCUT2D eigenvalue weighted by molar-refractivity contribution is -0.117. The highest BCUT2D eigenvalue weighted by atomic mass is 16.2. The number of nitrogens with two attached hydrogens (primary N) is 1. The molecule has 0 aromatic heterocycles. The molecule has 0 heterocycles. The lowest BCUT2D eigenvalue weighted by Gasteiger charge is -2.12. The molecule has 0 bridgehead atoms. The minimum absolute atomic E-state index is 0.189. The van der Waals surface area contributed by atoms with Gasteiger partial charge in [0.2, 0.25) is 5.91 Å². The molecule has 1 atom stereocenters. The summed E-state index contributed by atoms with van der Waals surface area (Å²) in [5.74, 6) is -0.408. The van der Waals surface area contributed by atoms with Crippen LogP contribution in [0.15, 0.2) is 24.3 Å². The zero-order chi connectivity index (χ0) is 14.3. The normalized spacial score (nSPS) is 11.7. The van der Waals surface area contributed by atoms with Crippen LogP contribution >= 0.6 is 0 Å². The van der Waals surface area contributed by atoms with E-state index in [1.807, 2.05) is 0 Å². The molecule has 0 aliphatic carbocycles. The van der Waals surface area contributed by atoms with Gasteiger partial charge in [-0.1, -0.05) is 25.8 Å². The monoisotopic (exact) mass is 263 g/mol. The molecule has 5 heteroatoms. The Morgan fingerprint density at radius 3 is 2.74 bits per heavy atom. The Hall–Kier alpha value is -1.88. The average molecular weight is 263 g/mol. The molecule has 104 valence electrons. The third-order valence-corrected chi connectivity index (χ3v) is 2.82. The van der Waals surface area contributed by atoms with Crippen molar-refractivity contribution in [2.24, 2.45) is 5.73 Å². The van der Waals surface area contributed by atoms with Crippen LogP contribution < -0.4 is 16.4 Å². The van der Waals surface area contributed by atoms with Crippen molar-refractivity contribution in [1.82, 2.24) is 5.32 Å². The molecular formula is C14H21N3O2. The predicted molar refractivity (Wildman–Crippen MR) is 76.0 cm³/mol. The number of carbonyl (C=O) groups excluding carboxylic acids is 2. The van der Waals surface area contributed by atoms with Crippen LogP contribution in [0.1, 0.15) is 36.5 Å². The van der Waals surface area contributed by atoms with Gasteiger partial charge in [-0.25, -0.2) is 0 Å². The van der Waals surface area contributed by atoms with E-state index in [-0.39, 0.29) is 11.8 Å². The van der Waals surface area contributed by atoms with Gasteiger partial charge in [-0.2, -0.15) is 0 Å². The Balaban J connectivity index is 2.66. The van der Waals surface area contributed by atoms with Gasteiger partial charge in [0, 0.05) is 18.3 Å². The molecule has 1 aromatic rings. The van der Waals surface area contributed by atoms with Crippen LogP contribution in [-0.4, -0.2) is 24.9 Å². The molecule has 0 spiro atoms. The van der Waals surface area contributed by atoms with Crippen molar-refractivity contribution < 1.29 is 9.59 Å². The highest BCUT2D eigenvalue weighted by Crippen LogP contribution is 2.11. The Morgan fingerprint density at radius 2 is 2.11 bits per heavy atom. The van der Waals surface area contributed by atoms with Crippen LogP contribution in [0.3, 0.4) is 0 Å². The number of hydrogen-bond donors (Lipinski definition) is 3. The molecular weight excluding hydrogens is 242 g/mol. The van der Waals surface area contributed by atoms with Gasteiger partial charge < -0.3 is 16.4 Å². The second-order valence-corrected chi connectivity index (χ2v) is 4.40. The number of rotatable bonds is 6. The molecule has 0 saturated heterocycles. The summed E-state index contributed by atoms with van der Waals surface area (Å²) < 4.78 is 0. The number of hydrogen-bond acceptors (Lipinski definition) is 3. The number of benzene rings is 1. The maximum Gasteiger partial charge on any atom is 0.251 e. The summed E-state index contributed by atoms with van der Waals surface area (Å²) in [5, 5.41) is 5.26. The molecule has 0 unspecified atom stereocenters. The lowest BCUT2D eigenvalue weighted by Crippen LogP contribution is -2.35. The van der Waals surface area contributed by atoms with Gasteiger partial charge in [0.1, 0.15) is 0 Å². The molecule has 1 rings (SSSR count). The van der Waals surface area contributed by atoms with E-state index < -0.39 is 6.04 Å². The van der Waals surface area contributed by atoms with Gasteiger partial charge in [-0.15, -0.1) is 0 Å². The van der Waals surface area contributed by atoms with Crippen LogP contribution in [0.4, 0.5) is 5.69 Å². The highest BCUT2D eigenvalue weighted by Gasteiger charge is 2.13. The second-order valence-electron chi connectivity index (χ2n) is 4.40.